The van der Waals surface area contributed by atoms with Crippen LogP contribution in [0.3, 0.4) is 0 Å². The highest BCUT2D eigenvalue weighted by atomic mass is 35.5. The van der Waals surface area contributed by atoms with Crippen molar-refractivity contribution in [3.05, 3.63) is 62.4 Å². The van der Waals surface area contributed by atoms with Crippen molar-refractivity contribution in [3.63, 3.8) is 0 Å². The molecular formula is C21H19ClN2O6S. The SMILES string of the molecule is CCOC(=O)C1=C(COC(=O)C2Cc3cc(Cl)ccc3O2)NC(=O)NC1c1cccs1. The van der Waals surface area contributed by atoms with E-state index in [4.69, 9.17) is 25.8 Å². The highest BCUT2D eigenvalue weighted by Crippen LogP contribution is 2.33. The third kappa shape index (κ3) is 4.52. The van der Waals surface area contributed by atoms with E-state index in [1.54, 1.807) is 31.2 Å². The second-order valence-electron chi connectivity index (χ2n) is 6.83. The summed E-state index contributed by atoms with van der Waals surface area (Å²) in [6.07, 6.45) is -0.504. The van der Waals surface area contributed by atoms with E-state index in [1.165, 1.54) is 11.3 Å². The predicted molar refractivity (Wildman–Crippen MR) is 113 cm³/mol. The number of nitrogens with one attached hydrogen (secondary N) is 2. The van der Waals surface area contributed by atoms with Crippen LogP contribution in [-0.2, 0) is 25.5 Å². The first-order chi connectivity index (χ1) is 15.0. The minimum absolute atomic E-state index is 0.164. The number of halogens is 1. The van der Waals surface area contributed by atoms with Gasteiger partial charge in [0.15, 0.2) is 6.10 Å². The lowest BCUT2D eigenvalue weighted by atomic mass is 10.0. The fraction of sp³-hybridized carbons (Fsp3) is 0.286. The largest absolute Gasteiger partial charge is 0.478 e. The third-order valence-electron chi connectivity index (χ3n) is 4.80. The molecule has 1 aromatic heterocycles. The molecule has 0 radical (unpaired) electrons. The van der Waals surface area contributed by atoms with E-state index >= 15 is 0 Å². The Morgan fingerprint density at radius 3 is 2.87 bits per heavy atom. The zero-order valence-corrected chi connectivity index (χ0v) is 18.0. The molecule has 0 bridgehead atoms. The van der Waals surface area contributed by atoms with Crippen LogP contribution in [-0.4, -0.2) is 37.3 Å². The molecular weight excluding hydrogens is 444 g/mol. The van der Waals surface area contributed by atoms with E-state index in [1.807, 2.05) is 11.4 Å². The summed E-state index contributed by atoms with van der Waals surface area (Å²) < 4.78 is 16.2. The molecule has 3 heterocycles. The Hall–Kier alpha value is -3.04. The van der Waals surface area contributed by atoms with Crippen molar-refractivity contribution in [1.29, 1.82) is 0 Å². The predicted octanol–water partition coefficient (Wildman–Crippen LogP) is 3.12. The van der Waals surface area contributed by atoms with Gasteiger partial charge in [-0.1, -0.05) is 17.7 Å². The summed E-state index contributed by atoms with van der Waals surface area (Å²) in [7, 11) is 0. The zero-order valence-electron chi connectivity index (χ0n) is 16.5. The third-order valence-corrected chi connectivity index (χ3v) is 5.97. The van der Waals surface area contributed by atoms with Crippen LogP contribution in [0, 0.1) is 0 Å². The van der Waals surface area contributed by atoms with Crippen LogP contribution in [0.15, 0.2) is 47.0 Å². The Balaban J connectivity index is 1.53. The Bertz CT molecular complexity index is 1050. The lowest BCUT2D eigenvalue weighted by molar-refractivity contribution is -0.150. The highest BCUT2D eigenvalue weighted by molar-refractivity contribution is 7.10. The number of ether oxygens (including phenoxy) is 3. The Morgan fingerprint density at radius 1 is 1.29 bits per heavy atom. The van der Waals surface area contributed by atoms with Gasteiger partial charge >= 0.3 is 18.0 Å². The average Bonchev–Trinajstić information content (AvgIpc) is 3.41. The lowest BCUT2D eigenvalue weighted by Crippen LogP contribution is -2.47. The van der Waals surface area contributed by atoms with Gasteiger partial charge in [-0.15, -0.1) is 11.3 Å². The molecule has 2 aliphatic rings. The summed E-state index contributed by atoms with van der Waals surface area (Å²) >= 11 is 7.38. The van der Waals surface area contributed by atoms with Crippen molar-refractivity contribution >= 4 is 40.9 Å². The van der Waals surface area contributed by atoms with Gasteiger partial charge in [-0.2, -0.15) is 0 Å². The molecule has 2 amide bonds. The van der Waals surface area contributed by atoms with E-state index in [2.05, 4.69) is 10.6 Å². The second kappa shape index (κ2) is 8.99. The monoisotopic (exact) mass is 462 g/mol. The quantitative estimate of drug-likeness (QED) is 0.639. The molecule has 10 heteroatoms. The molecule has 2 aliphatic heterocycles. The smallest absolute Gasteiger partial charge is 0.348 e. The maximum absolute atomic E-state index is 12.7. The summed E-state index contributed by atoms with van der Waals surface area (Å²) in [4.78, 5) is 38.2. The number of urea groups is 1. The fourth-order valence-corrected chi connectivity index (χ4v) is 4.41. The maximum atomic E-state index is 12.7. The van der Waals surface area contributed by atoms with Crippen molar-refractivity contribution < 1.29 is 28.6 Å². The standard InChI is InChI=1S/C21H19ClN2O6S/c1-2-28-20(26)17-13(23-21(27)24-18(17)16-4-3-7-31-16)10-29-19(25)15-9-11-8-12(22)5-6-14(11)30-15/h3-8,15,18H,2,9-10H2,1H3,(H2,23,24,27). The number of fused-ring (bicyclic) bond motifs is 1. The number of carbonyl (C=O) groups excluding carboxylic acids is 3. The van der Waals surface area contributed by atoms with Gasteiger partial charge in [0.2, 0.25) is 0 Å². The Labute approximate surface area is 187 Å². The first-order valence-electron chi connectivity index (χ1n) is 9.59. The van der Waals surface area contributed by atoms with Crippen molar-refractivity contribution in [3.8, 4) is 5.75 Å². The molecule has 31 heavy (non-hydrogen) atoms. The zero-order chi connectivity index (χ0) is 22.0. The molecule has 2 N–H and O–H groups in total. The summed E-state index contributed by atoms with van der Waals surface area (Å²) in [6, 6.07) is 7.54. The van der Waals surface area contributed by atoms with Gasteiger partial charge in [0.05, 0.1) is 23.9 Å². The highest BCUT2D eigenvalue weighted by Gasteiger charge is 2.36. The molecule has 162 valence electrons. The van der Waals surface area contributed by atoms with Crippen LogP contribution in [0.5, 0.6) is 5.75 Å². The number of hydrogen-bond donors (Lipinski definition) is 2. The minimum atomic E-state index is -0.828. The number of benzene rings is 1. The van der Waals surface area contributed by atoms with E-state index in [9.17, 15) is 14.4 Å². The lowest BCUT2D eigenvalue weighted by Gasteiger charge is -2.28. The van der Waals surface area contributed by atoms with Crippen molar-refractivity contribution in [2.45, 2.75) is 25.5 Å². The number of rotatable bonds is 6. The van der Waals surface area contributed by atoms with Crippen LogP contribution in [0.25, 0.3) is 0 Å². The van der Waals surface area contributed by atoms with Gasteiger partial charge in [-0.25, -0.2) is 14.4 Å². The summed E-state index contributed by atoms with van der Waals surface area (Å²) in [5, 5.41) is 7.68. The summed E-state index contributed by atoms with van der Waals surface area (Å²) in [5.41, 5.74) is 1.18. The molecule has 0 saturated carbocycles. The normalized spacial score (nSPS) is 19.7. The first kappa shape index (κ1) is 21.2. The molecule has 1 aromatic carbocycles. The van der Waals surface area contributed by atoms with Crippen molar-refractivity contribution in [2.24, 2.45) is 0 Å². The number of amides is 2. The first-order valence-corrected chi connectivity index (χ1v) is 10.8. The van der Waals surface area contributed by atoms with E-state index in [0.29, 0.717) is 17.2 Å². The summed E-state index contributed by atoms with van der Waals surface area (Å²) in [5.74, 6) is -0.632. The molecule has 0 spiro atoms. The molecule has 4 rings (SSSR count). The molecule has 0 aliphatic carbocycles. The Kier molecular flexibility index (Phi) is 6.15. The van der Waals surface area contributed by atoms with Gasteiger partial charge in [-0.3, -0.25) is 0 Å². The maximum Gasteiger partial charge on any atom is 0.348 e. The average molecular weight is 463 g/mol. The van der Waals surface area contributed by atoms with E-state index < -0.39 is 30.1 Å². The number of hydrogen-bond acceptors (Lipinski definition) is 7. The van der Waals surface area contributed by atoms with Crippen LogP contribution in [0.1, 0.15) is 23.4 Å². The van der Waals surface area contributed by atoms with Crippen molar-refractivity contribution in [1.82, 2.24) is 10.6 Å². The molecule has 8 nitrogen and oxygen atoms in total. The van der Waals surface area contributed by atoms with Gasteiger partial charge in [0.25, 0.3) is 0 Å². The Morgan fingerprint density at radius 2 is 2.13 bits per heavy atom. The molecule has 2 atom stereocenters. The van der Waals surface area contributed by atoms with Gasteiger partial charge in [0.1, 0.15) is 12.4 Å². The van der Waals surface area contributed by atoms with Crippen LogP contribution >= 0.6 is 22.9 Å². The minimum Gasteiger partial charge on any atom is -0.478 e. The summed E-state index contributed by atoms with van der Waals surface area (Å²) in [6.45, 7) is 1.55. The van der Waals surface area contributed by atoms with Gasteiger partial charge in [-0.05, 0) is 42.1 Å². The molecule has 0 fully saturated rings. The van der Waals surface area contributed by atoms with E-state index in [-0.39, 0.29) is 24.5 Å². The van der Waals surface area contributed by atoms with Crippen LogP contribution in [0.4, 0.5) is 4.79 Å². The van der Waals surface area contributed by atoms with Gasteiger partial charge in [0, 0.05) is 16.3 Å². The number of thiophene rings is 1. The molecule has 0 saturated heterocycles. The molecule has 2 aromatic rings. The fourth-order valence-electron chi connectivity index (χ4n) is 3.44. The number of esters is 2. The van der Waals surface area contributed by atoms with Crippen LogP contribution in [0.2, 0.25) is 5.02 Å². The van der Waals surface area contributed by atoms with Crippen molar-refractivity contribution in [2.75, 3.05) is 13.2 Å². The topological polar surface area (TPSA) is 103 Å². The molecule has 2 unspecified atom stereocenters. The van der Waals surface area contributed by atoms with Gasteiger partial charge < -0.3 is 24.8 Å². The second-order valence-corrected chi connectivity index (χ2v) is 8.25. The van der Waals surface area contributed by atoms with E-state index in [0.717, 1.165) is 10.4 Å². The van der Waals surface area contributed by atoms with Crippen LogP contribution < -0.4 is 15.4 Å². The number of carbonyl (C=O) groups is 3.